The van der Waals surface area contributed by atoms with Crippen LogP contribution in [0.15, 0.2) is 12.2 Å². The zero-order chi connectivity index (χ0) is 20.8. The fraction of sp³-hybridized carbons (Fsp3) is 0.609. The molecule has 4 aliphatic rings. The number of aliphatic carboxylic acids is 1. The Morgan fingerprint density at radius 1 is 0.967 bits per heavy atom. The number of amides is 2. The lowest BCUT2D eigenvalue weighted by Crippen LogP contribution is -2.38. The fourth-order valence-corrected chi connectivity index (χ4v) is 7.24. The smallest absolute Gasteiger partial charge is 0.307 e. The van der Waals surface area contributed by atoms with Crippen molar-refractivity contribution >= 4 is 34.1 Å². The number of carbonyl (C=O) groups excluding carboxylic acids is 2. The second-order valence-electron chi connectivity index (χ2n) is 9.20. The summed E-state index contributed by atoms with van der Waals surface area (Å²) in [5.41, 5.74) is 1.70. The van der Waals surface area contributed by atoms with Gasteiger partial charge in [0.2, 0.25) is 5.91 Å². The molecular formula is C23H28N2O4S. The van der Waals surface area contributed by atoms with E-state index in [1.807, 2.05) is 12.2 Å². The number of hydrogen-bond acceptors (Lipinski definition) is 4. The van der Waals surface area contributed by atoms with Crippen molar-refractivity contribution in [2.24, 2.45) is 23.7 Å². The average Bonchev–Trinajstić information content (AvgIpc) is 3.48. The van der Waals surface area contributed by atoms with Crippen LogP contribution in [0.25, 0.3) is 0 Å². The standard InChI is InChI=1S/C23H28N2O4S/c26-20(17-12-9-10-13(11-12)18(17)23(28)29)25-22-19(15-7-4-8-16(15)30-22)21(27)24-14-5-2-1-3-6-14/h9-10,12-14,17-18H,1-8,11H2,(H,24,27)(H,25,26)(H,28,29)/t12-,13+,17-,18-/m0/s1. The molecule has 4 aliphatic carbocycles. The van der Waals surface area contributed by atoms with E-state index in [4.69, 9.17) is 0 Å². The summed E-state index contributed by atoms with van der Waals surface area (Å²) in [7, 11) is 0. The number of carbonyl (C=O) groups is 3. The minimum absolute atomic E-state index is 0.0255. The summed E-state index contributed by atoms with van der Waals surface area (Å²) in [5.74, 6) is -2.58. The molecule has 2 amide bonds. The second-order valence-corrected chi connectivity index (χ2v) is 10.3. The molecule has 30 heavy (non-hydrogen) atoms. The first-order valence-electron chi connectivity index (χ1n) is 11.2. The van der Waals surface area contributed by atoms with Gasteiger partial charge in [-0.05, 0) is 55.9 Å². The monoisotopic (exact) mass is 428 g/mol. The van der Waals surface area contributed by atoms with E-state index in [0.29, 0.717) is 10.6 Å². The van der Waals surface area contributed by atoms with E-state index >= 15 is 0 Å². The van der Waals surface area contributed by atoms with Crippen LogP contribution < -0.4 is 10.6 Å². The highest BCUT2D eigenvalue weighted by molar-refractivity contribution is 7.17. The lowest BCUT2D eigenvalue weighted by atomic mass is 9.82. The highest BCUT2D eigenvalue weighted by atomic mass is 32.1. The number of carboxylic acid groups (broad SMARTS) is 1. The van der Waals surface area contributed by atoms with E-state index in [2.05, 4.69) is 10.6 Å². The highest BCUT2D eigenvalue weighted by Crippen LogP contribution is 2.49. The van der Waals surface area contributed by atoms with Crippen LogP contribution in [0.2, 0.25) is 0 Å². The SMILES string of the molecule is O=C(NC1CCCCC1)c1c(NC(=O)[C@@H]2[C@@H](C(=O)O)[C@@H]3C=C[C@H]2C3)sc2c1CCC2. The maximum absolute atomic E-state index is 13.2. The summed E-state index contributed by atoms with van der Waals surface area (Å²) in [5, 5.41) is 16.5. The maximum atomic E-state index is 13.2. The van der Waals surface area contributed by atoms with Gasteiger partial charge >= 0.3 is 5.97 Å². The molecule has 2 saturated carbocycles. The van der Waals surface area contributed by atoms with Crippen molar-refractivity contribution in [3.05, 3.63) is 28.2 Å². The third-order valence-electron chi connectivity index (χ3n) is 7.37. The molecule has 2 bridgehead atoms. The molecule has 6 nitrogen and oxygen atoms in total. The number of thiophene rings is 1. The molecule has 1 aromatic rings. The van der Waals surface area contributed by atoms with E-state index in [9.17, 15) is 19.5 Å². The molecule has 3 N–H and O–H groups in total. The Morgan fingerprint density at radius 2 is 1.70 bits per heavy atom. The summed E-state index contributed by atoms with van der Waals surface area (Å²) in [6.45, 7) is 0. The third kappa shape index (κ3) is 3.37. The zero-order valence-corrected chi connectivity index (χ0v) is 17.8. The summed E-state index contributed by atoms with van der Waals surface area (Å²) in [6, 6.07) is 0.207. The van der Waals surface area contributed by atoms with Crippen molar-refractivity contribution in [1.82, 2.24) is 5.32 Å². The first kappa shape index (κ1) is 19.8. The summed E-state index contributed by atoms with van der Waals surface area (Å²) in [6.07, 6.45) is 13.0. The Kier molecular flexibility index (Phi) is 5.17. The van der Waals surface area contributed by atoms with Crippen molar-refractivity contribution < 1.29 is 19.5 Å². The van der Waals surface area contributed by atoms with Gasteiger partial charge in [-0.2, -0.15) is 0 Å². The number of aryl methyl sites for hydroxylation is 1. The van der Waals surface area contributed by atoms with Gasteiger partial charge in [0.05, 0.1) is 17.4 Å². The highest BCUT2D eigenvalue weighted by Gasteiger charge is 2.51. The minimum Gasteiger partial charge on any atom is -0.481 e. The van der Waals surface area contributed by atoms with Crippen molar-refractivity contribution in [1.29, 1.82) is 0 Å². The van der Waals surface area contributed by atoms with Gasteiger partial charge in [0.1, 0.15) is 5.00 Å². The number of carboxylic acids is 1. The predicted octanol–water partition coefficient (Wildman–Crippen LogP) is 3.76. The van der Waals surface area contributed by atoms with Gasteiger partial charge in [-0.15, -0.1) is 11.3 Å². The van der Waals surface area contributed by atoms with Crippen molar-refractivity contribution in [3.8, 4) is 0 Å². The largest absolute Gasteiger partial charge is 0.481 e. The molecule has 0 saturated heterocycles. The molecule has 1 aromatic heterocycles. The Labute approximate surface area is 180 Å². The maximum Gasteiger partial charge on any atom is 0.307 e. The topological polar surface area (TPSA) is 95.5 Å². The van der Waals surface area contributed by atoms with Crippen LogP contribution in [-0.2, 0) is 22.4 Å². The van der Waals surface area contributed by atoms with Crippen molar-refractivity contribution in [3.63, 3.8) is 0 Å². The van der Waals surface area contributed by atoms with E-state index in [-0.39, 0.29) is 29.7 Å². The number of nitrogens with one attached hydrogen (secondary N) is 2. The van der Waals surface area contributed by atoms with Crippen LogP contribution in [-0.4, -0.2) is 28.9 Å². The summed E-state index contributed by atoms with van der Waals surface area (Å²) >= 11 is 1.50. The molecule has 4 atom stereocenters. The molecule has 0 aromatic carbocycles. The molecule has 5 rings (SSSR count). The van der Waals surface area contributed by atoms with Gasteiger partial charge in [0, 0.05) is 10.9 Å². The van der Waals surface area contributed by atoms with Crippen LogP contribution in [0.1, 0.15) is 65.7 Å². The third-order valence-corrected chi connectivity index (χ3v) is 8.58. The fourth-order valence-electron chi connectivity index (χ4n) is 5.95. The molecule has 7 heteroatoms. The second kappa shape index (κ2) is 7.84. The zero-order valence-electron chi connectivity index (χ0n) is 17.0. The van der Waals surface area contributed by atoms with E-state index in [1.165, 1.54) is 22.6 Å². The van der Waals surface area contributed by atoms with Gasteiger partial charge in [-0.3, -0.25) is 14.4 Å². The van der Waals surface area contributed by atoms with Crippen LogP contribution in [0.4, 0.5) is 5.00 Å². The van der Waals surface area contributed by atoms with Gasteiger partial charge in [-0.25, -0.2) is 0 Å². The molecule has 160 valence electrons. The van der Waals surface area contributed by atoms with Crippen LogP contribution >= 0.6 is 11.3 Å². The molecular weight excluding hydrogens is 400 g/mol. The number of hydrogen-bond donors (Lipinski definition) is 3. The van der Waals surface area contributed by atoms with E-state index < -0.39 is 17.8 Å². The molecule has 0 spiro atoms. The Balaban J connectivity index is 1.38. The molecule has 0 unspecified atom stereocenters. The Hall–Kier alpha value is -2.15. The quantitative estimate of drug-likeness (QED) is 0.622. The van der Waals surface area contributed by atoms with E-state index in [0.717, 1.165) is 56.9 Å². The Bertz CT molecular complexity index is 915. The number of allylic oxidation sites excluding steroid dienone is 2. The summed E-state index contributed by atoms with van der Waals surface area (Å²) < 4.78 is 0. The van der Waals surface area contributed by atoms with Crippen LogP contribution in [0.5, 0.6) is 0 Å². The van der Waals surface area contributed by atoms with Crippen molar-refractivity contribution in [2.75, 3.05) is 5.32 Å². The van der Waals surface area contributed by atoms with Gasteiger partial charge < -0.3 is 15.7 Å². The van der Waals surface area contributed by atoms with Gasteiger partial charge in [-0.1, -0.05) is 31.4 Å². The van der Waals surface area contributed by atoms with Crippen LogP contribution in [0.3, 0.4) is 0 Å². The van der Waals surface area contributed by atoms with E-state index in [1.54, 1.807) is 0 Å². The average molecular weight is 429 g/mol. The number of fused-ring (bicyclic) bond motifs is 3. The van der Waals surface area contributed by atoms with Gasteiger partial charge in [0.25, 0.3) is 5.91 Å². The Morgan fingerprint density at radius 3 is 2.43 bits per heavy atom. The van der Waals surface area contributed by atoms with Crippen LogP contribution in [0, 0.1) is 23.7 Å². The predicted molar refractivity (Wildman–Crippen MR) is 115 cm³/mol. The first-order valence-corrected chi connectivity index (χ1v) is 12.0. The molecule has 2 fully saturated rings. The lowest BCUT2D eigenvalue weighted by molar-refractivity contribution is -0.146. The van der Waals surface area contributed by atoms with Crippen molar-refractivity contribution in [2.45, 2.75) is 63.8 Å². The molecule has 0 aliphatic heterocycles. The number of rotatable bonds is 5. The molecule has 1 heterocycles. The first-order chi connectivity index (χ1) is 14.5. The lowest BCUT2D eigenvalue weighted by Gasteiger charge is -2.24. The minimum atomic E-state index is -0.907. The number of anilines is 1. The van der Waals surface area contributed by atoms with Gasteiger partial charge in [0.15, 0.2) is 0 Å². The summed E-state index contributed by atoms with van der Waals surface area (Å²) in [4.78, 5) is 39.3. The normalized spacial score (nSPS) is 29.7. The molecule has 0 radical (unpaired) electrons.